The van der Waals surface area contributed by atoms with E-state index in [0.29, 0.717) is 19.6 Å². The molecule has 0 aliphatic carbocycles. The summed E-state index contributed by atoms with van der Waals surface area (Å²) >= 11 is 0. The predicted molar refractivity (Wildman–Crippen MR) is 107 cm³/mol. The highest BCUT2D eigenvalue weighted by Crippen LogP contribution is 2.44. The highest BCUT2D eigenvalue weighted by Gasteiger charge is 2.43. The van der Waals surface area contributed by atoms with Gasteiger partial charge < -0.3 is 21.7 Å². The third-order valence-electron chi connectivity index (χ3n) is 4.47. The van der Waals surface area contributed by atoms with Crippen molar-refractivity contribution in [2.75, 3.05) is 13.2 Å². The van der Waals surface area contributed by atoms with Gasteiger partial charge in [0, 0.05) is 43.0 Å². The lowest BCUT2D eigenvalue weighted by atomic mass is 10.1. The van der Waals surface area contributed by atoms with Gasteiger partial charge in [0.05, 0.1) is 13.0 Å². The van der Waals surface area contributed by atoms with Crippen LogP contribution in [0.2, 0.25) is 0 Å². The van der Waals surface area contributed by atoms with Crippen LogP contribution < -0.4 is 21.5 Å². The Hall–Kier alpha value is -2.27. The average Bonchev–Trinajstić information content (AvgIpc) is 2.71. The van der Waals surface area contributed by atoms with Crippen LogP contribution >= 0.6 is 0 Å². The van der Waals surface area contributed by atoms with E-state index in [1.54, 1.807) is 0 Å². The number of benzene rings is 3. The van der Waals surface area contributed by atoms with E-state index in [9.17, 15) is 4.79 Å². The van der Waals surface area contributed by atoms with Crippen LogP contribution in [-0.2, 0) is 9.53 Å². The Bertz CT molecular complexity index is 726. The van der Waals surface area contributed by atoms with Crippen molar-refractivity contribution >= 4 is 23.0 Å². The zero-order valence-corrected chi connectivity index (χ0v) is 17.0. The molecule has 1 amide bonds. The summed E-state index contributed by atoms with van der Waals surface area (Å²) in [5.41, 5.74) is 2.77. The standard InChI is InChI=1S/C23H24NO2.BrH/c1-2-26-19-18-23(25)24(20-12-6-3-7-13-20,21-14-8-4-9-15-21)22-16-10-5-11-17-22;/h3-17H,2,18-19H2,1H3;1H/q+1;/p-1. The molecule has 140 valence electrons. The third kappa shape index (κ3) is 4.35. The summed E-state index contributed by atoms with van der Waals surface area (Å²) < 4.78 is 5.53. The molecule has 0 heterocycles. The lowest BCUT2D eigenvalue weighted by Gasteiger charge is -2.34. The van der Waals surface area contributed by atoms with Crippen molar-refractivity contribution in [1.29, 1.82) is 0 Å². The molecule has 0 unspecified atom stereocenters. The molecule has 0 fully saturated rings. The van der Waals surface area contributed by atoms with Crippen LogP contribution in [0.25, 0.3) is 0 Å². The molecule has 4 heteroatoms. The highest BCUT2D eigenvalue weighted by molar-refractivity contribution is 6.01. The van der Waals surface area contributed by atoms with Crippen LogP contribution in [0.15, 0.2) is 91.0 Å². The van der Waals surface area contributed by atoms with Crippen LogP contribution in [0.1, 0.15) is 13.3 Å². The van der Waals surface area contributed by atoms with Gasteiger partial charge in [-0.25, -0.2) is 4.79 Å². The summed E-state index contributed by atoms with van der Waals surface area (Å²) in [6, 6.07) is 29.8. The maximum atomic E-state index is 13.6. The number of carbonyl (C=O) groups excluding carboxylic acids is 1. The molecular weight excluding hydrogens is 402 g/mol. The van der Waals surface area contributed by atoms with Gasteiger partial charge in [-0.05, 0) is 6.92 Å². The van der Waals surface area contributed by atoms with Gasteiger partial charge in [0.25, 0.3) is 0 Å². The number of hydrogen-bond acceptors (Lipinski definition) is 2. The molecule has 0 saturated carbocycles. The van der Waals surface area contributed by atoms with E-state index in [1.807, 2.05) is 97.9 Å². The summed E-state index contributed by atoms with van der Waals surface area (Å²) in [6.45, 7) is 2.97. The van der Waals surface area contributed by atoms with Gasteiger partial charge in [-0.1, -0.05) is 54.6 Å². The SMILES string of the molecule is CCOCCC(=O)[N+](c1ccccc1)(c1ccccc1)c1ccccc1.[Br-]. The fourth-order valence-electron chi connectivity index (χ4n) is 3.31. The van der Waals surface area contributed by atoms with Gasteiger partial charge in [-0.2, -0.15) is 4.48 Å². The largest absolute Gasteiger partial charge is 1.00 e. The second-order valence-electron chi connectivity index (χ2n) is 6.02. The van der Waals surface area contributed by atoms with Gasteiger partial charge in [0.1, 0.15) is 0 Å². The molecule has 0 atom stereocenters. The van der Waals surface area contributed by atoms with Crippen LogP contribution in [0.3, 0.4) is 0 Å². The number of carbonyl (C=O) groups is 1. The Balaban J connectivity index is 0.00000261. The lowest BCUT2D eigenvalue weighted by Crippen LogP contribution is -3.00. The van der Waals surface area contributed by atoms with Gasteiger partial charge in [-0.15, -0.1) is 0 Å². The molecule has 0 aliphatic heterocycles. The number of rotatable bonds is 7. The summed E-state index contributed by atoms with van der Waals surface area (Å²) in [5, 5.41) is 0. The zero-order chi connectivity index (χ0) is 18.2. The maximum Gasteiger partial charge on any atom is 0.331 e. The molecule has 0 bridgehead atoms. The van der Waals surface area contributed by atoms with E-state index < -0.39 is 0 Å². The lowest BCUT2D eigenvalue weighted by molar-refractivity contribution is -0.126. The zero-order valence-electron chi connectivity index (χ0n) is 15.4. The number of para-hydroxylation sites is 3. The quantitative estimate of drug-likeness (QED) is 0.429. The molecule has 3 aromatic carbocycles. The number of quaternary nitrogens is 1. The molecule has 27 heavy (non-hydrogen) atoms. The van der Waals surface area contributed by atoms with Crippen LogP contribution in [0.5, 0.6) is 0 Å². The van der Waals surface area contributed by atoms with E-state index in [1.165, 1.54) is 0 Å². The monoisotopic (exact) mass is 425 g/mol. The van der Waals surface area contributed by atoms with E-state index in [-0.39, 0.29) is 27.4 Å². The van der Waals surface area contributed by atoms with E-state index in [0.717, 1.165) is 17.1 Å². The van der Waals surface area contributed by atoms with Crippen molar-refractivity contribution in [3.63, 3.8) is 0 Å². The number of hydrogen-bond donors (Lipinski definition) is 0. The van der Waals surface area contributed by atoms with Crippen molar-refractivity contribution in [2.45, 2.75) is 13.3 Å². The van der Waals surface area contributed by atoms with Crippen LogP contribution in [0, 0.1) is 0 Å². The molecule has 0 saturated heterocycles. The van der Waals surface area contributed by atoms with Gasteiger partial charge in [-0.3, -0.25) is 0 Å². The van der Waals surface area contributed by atoms with Gasteiger partial charge in [0.2, 0.25) is 0 Å². The number of halogens is 1. The third-order valence-corrected chi connectivity index (χ3v) is 4.47. The molecule has 0 aliphatic rings. The topological polar surface area (TPSA) is 26.3 Å². The van der Waals surface area contributed by atoms with Gasteiger partial charge >= 0.3 is 5.91 Å². The van der Waals surface area contributed by atoms with E-state index >= 15 is 0 Å². The smallest absolute Gasteiger partial charge is 0.331 e. The van der Waals surface area contributed by atoms with Crippen molar-refractivity contribution in [3.8, 4) is 0 Å². The first-order valence-electron chi connectivity index (χ1n) is 8.97. The second-order valence-corrected chi connectivity index (χ2v) is 6.02. The predicted octanol–water partition coefficient (Wildman–Crippen LogP) is 2.61. The summed E-state index contributed by atoms with van der Waals surface area (Å²) in [5.74, 6) is 0.0852. The molecule has 0 radical (unpaired) electrons. The minimum absolute atomic E-state index is 0. The Morgan fingerprint density at radius 1 is 0.741 bits per heavy atom. The minimum Gasteiger partial charge on any atom is -1.00 e. The molecule has 3 rings (SSSR count). The molecule has 3 nitrogen and oxygen atoms in total. The van der Waals surface area contributed by atoms with E-state index in [4.69, 9.17) is 4.74 Å². The average molecular weight is 426 g/mol. The molecular formula is C23H24BrNO2. The second kappa shape index (κ2) is 10.2. The van der Waals surface area contributed by atoms with Gasteiger partial charge in [0.15, 0.2) is 17.1 Å². The fourth-order valence-corrected chi connectivity index (χ4v) is 3.31. The Morgan fingerprint density at radius 2 is 1.11 bits per heavy atom. The molecule has 3 aromatic rings. The Labute approximate surface area is 171 Å². The first-order valence-corrected chi connectivity index (χ1v) is 8.97. The normalized spacial score (nSPS) is 10.9. The van der Waals surface area contributed by atoms with E-state index in [2.05, 4.69) is 0 Å². The Kier molecular flexibility index (Phi) is 7.92. The van der Waals surface area contributed by atoms with Crippen molar-refractivity contribution in [1.82, 2.24) is 4.48 Å². The highest BCUT2D eigenvalue weighted by atomic mass is 79.9. The maximum absolute atomic E-state index is 13.6. The number of nitrogens with zero attached hydrogens (tertiary/aromatic N) is 1. The Morgan fingerprint density at radius 3 is 1.44 bits per heavy atom. The molecule has 0 aromatic heterocycles. The fraction of sp³-hybridized carbons (Fsp3) is 0.174. The summed E-state index contributed by atoms with van der Waals surface area (Å²) in [4.78, 5) is 13.6. The van der Waals surface area contributed by atoms with Crippen molar-refractivity contribution in [3.05, 3.63) is 91.0 Å². The summed E-state index contributed by atoms with van der Waals surface area (Å²) in [6.07, 6.45) is 0.340. The number of amides is 1. The van der Waals surface area contributed by atoms with Crippen LogP contribution in [0.4, 0.5) is 17.1 Å². The minimum atomic E-state index is 0. The summed E-state index contributed by atoms with van der Waals surface area (Å²) in [7, 11) is 0. The first kappa shape index (κ1) is 21.0. The number of ether oxygens (including phenoxy) is 1. The van der Waals surface area contributed by atoms with Crippen molar-refractivity contribution < 1.29 is 26.5 Å². The molecule has 0 spiro atoms. The first-order chi connectivity index (χ1) is 12.8. The van der Waals surface area contributed by atoms with Crippen molar-refractivity contribution in [2.24, 2.45) is 0 Å². The molecule has 0 N–H and O–H groups in total. The van der Waals surface area contributed by atoms with Crippen LogP contribution in [-0.4, -0.2) is 19.1 Å².